The van der Waals surface area contributed by atoms with Gasteiger partial charge in [-0.05, 0) is 56.0 Å². The van der Waals surface area contributed by atoms with Gasteiger partial charge in [0.1, 0.15) is 0 Å². The molecule has 6 heteroatoms. The lowest BCUT2D eigenvalue weighted by Gasteiger charge is -2.33. The largest absolute Gasteiger partial charge is 0.357 e. The number of rotatable bonds is 5. The molecule has 0 saturated carbocycles. The van der Waals surface area contributed by atoms with Gasteiger partial charge in [0.05, 0.1) is 5.69 Å². The molecule has 5 rings (SSSR count). The number of fused-ring (bicyclic) bond motifs is 1. The molecule has 1 atom stereocenters. The van der Waals surface area contributed by atoms with Gasteiger partial charge in [-0.2, -0.15) is 5.10 Å². The molecule has 4 aromatic rings. The van der Waals surface area contributed by atoms with Crippen molar-refractivity contribution in [3.63, 3.8) is 0 Å². The average molecular weight is 428 g/mol. The molecule has 1 aliphatic rings. The molecule has 1 fully saturated rings. The van der Waals surface area contributed by atoms with Crippen molar-refractivity contribution >= 4 is 16.8 Å². The summed E-state index contributed by atoms with van der Waals surface area (Å²) in [5, 5.41) is 5.64. The molecule has 4 heterocycles. The molecular formula is C26H29N5O. The molecule has 0 spiro atoms. The van der Waals surface area contributed by atoms with Crippen LogP contribution in [0.25, 0.3) is 22.0 Å². The number of piperidine rings is 1. The van der Waals surface area contributed by atoms with Crippen LogP contribution in [0.3, 0.4) is 0 Å². The van der Waals surface area contributed by atoms with Crippen LogP contribution in [0.15, 0.2) is 55.0 Å². The van der Waals surface area contributed by atoms with Gasteiger partial charge in [-0.15, -0.1) is 0 Å². The van der Waals surface area contributed by atoms with Crippen molar-refractivity contribution in [1.82, 2.24) is 24.6 Å². The fraction of sp³-hybridized carbons (Fsp3) is 0.346. The number of para-hydroxylation sites is 1. The summed E-state index contributed by atoms with van der Waals surface area (Å²) >= 11 is 0. The Morgan fingerprint density at radius 1 is 1.16 bits per heavy atom. The summed E-state index contributed by atoms with van der Waals surface area (Å²) in [5.74, 6) is 0.496. The molecule has 3 aromatic heterocycles. The fourth-order valence-corrected chi connectivity index (χ4v) is 4.92. The first-order chi connectivity index (χ1) is 15.6. The van der Waals surface area contributed by atoms with Crippen LogP contribution >= 0.6 is 0 Å². The zero-order valence-corrected chi connectivity index (χ0v) is 18.7. The second kappa shape index (κ2) is 8.61. The van der Waals surface area contributed by atoms with Gasteiger partial charge >= 0.3 is 0 Å². The van der Waals surface area contributed by atoms with Crippen LogP contribution in [0.2, 0.25) is 0 Å². The van der Waals surface area contributed by atoms with Gasteiger partial charge in [-0.25, -0.2) is 0 Å². The highest BCUT2D eigenvalue weighted by Gasteiger charge is 2.28. The summed E-state index contributed by atoms with van der Waals surface area (Å²) in [4.78, 5) is 23.0. The number of aromatic nitrogens is 4. The van der Waals surface area contributed by atoms with Crippen LogP contribution < -0.4 is 0 Å². The van der Waals surface area contributed by atoms with Crippen molar-refractivity contribution < 1.29 is 4.79 Å². The molecule has 1 N–H and O–H groups in total. The molecule has 0 aliphatic carbocycles. The molecule has 32 heavy (non-hydrogen) atoms. The van der Waals surface area contributed by atoms with Gasteiger partial charge < -0.3 is 9.88 Å². The Morgan fingerprint density at radius 2 is 2.00 bits per heavy atom. The summed E-state index contributed by atoms with van der Waals surface area (Å²) in [6.45, 7) is 6.32. The Morgan fingerprint density at radius 3 is 2.78 bits per heavy atom. The Kier molecular flexibility index (Phi) is 5.52. The van der Waals surface area contributed by atoms with Crippen LogP contribution in [-0.4, -0.2) is 43.6 Å². The number of aryl methyl sites for hydroxylation is 3. The molecule has 0 radical (unpaired) electrons. The summed E-state index contributed by atoms with van der Waals surface area (Å²) in [5.41, 5.74) is 7.06. The van der Waals surface area contributed by atoms with Crippen molar-refractivity contribution in [2.75, 3.05) is 13.1 Å². The van der Waals surface area contributed by atoms with Crippen molar-refractivity contribution in [3.05, 3.63) is 71.9 Å². The predicted molar refractivity (Wildman–Crippen MR) is 126 cm³/mol. The van der Waals surface area contributed by atoms with Gasteiger partial charge in [0, 0.05) is 72.7 Å². The highest BCUT2D eigenvalue weighted by atomic mass is 16.2. The number of pyridine rings is 1. The van der Waals surface area contributed by atoms with E-state index in [0.29, 0.717) is 13.0 Å². The maximum absolute atomic E-state index is 13.0. The molecule has 164 valence electrons. The second-order valence-corrected chi connectivity index (χ2v) is 8.80. The standard InChI is InChI=1S/C26H29N5O/c1-18-5-3-7-22-24(20-8-12-27-13-9-20)26(28-25(18)22)21-6-4-14-30(17-21)23(32)11-16-31-15-10-19(2)29-31/h3,5,7-10,12-13,15,21,28H,4,6,11,14,16-17H2,1-2H3. The number of hydrogen-bond acceptors (Lipinski definition) is 3. The quantitative estimate of drug-likeness (QED) is 0.496. The first-order valence-electron chi connectivity index (χ1n) is 11.4. The Labute approximate surface area is 188 Å². The van der Waals surface area contributed by atoms with Gasteiger partial charge in [-0.1, -0.05) is 18.2 Å². The Balaban J connectivity index is 1.42. The average Bonchev–Trinajstić information content (AvgIpc) is 3.42. The van der Waals surface area contributed by atoms with Crippen LogP contribution in [0.1, 0.15) is 42.1 Å². The number of aromatic amines is 1. The minimum Gasteiger partial charge on any atom is -0.357 e. The number of benzene rings is 1. The van der Waals surface area contributed by atoms with E-state index in [9.17, 15) is 4.79 Å². The monoisotopic (exact) mass is 427 g/mol. The van der Waals surface area contributed by atoms with Crippen molar-refractivity contribution in [2.45, 2.75) is 45.6 Å². The molecular weight excluding hydrogens is 398 g/mol. The number of likely N-dealkylation sites (tertiary alicyclic amines) is 1. The minimum absolute atomic E-state index is 0.209. The minimum atomic E-state index is 0.209. The summed E-state index contributed by atoms with van der Waals surface area (Å²) < 4.78 is 1.86. The fourth-order valence-electron chi connectivity index (χ4n) is 4.92. The highest BCUT2D eigenvalue weighted by Crippen LogP contribution is 2.40. The van der Waals surface area contributed by atoms with Crippen molar-refractivity contribution in [3.8, 4) is 11.1 Å². The van der Waals surface area contributed by atoms with Crippen LogP contribution in [0, 0.1) is 13.8 Å². The maximum atomic E-state index is 13.0. The van der Waals surface area contributed by atoms with E-state index in [-0.39, 0.29) is 11.8 Å². The zero-order chi connectivity index (χ0) is 22.1. The van der Waals surface area contributed by atoms with Crippen molar-refractivity contribution in [1.29, 1.82) is 0 Å². The number of nitrogens with zero attached hydrogens (tertiary/aromatic N) is 4. The predicted octanol–water partition coefficient (Wildman–Crippen LogP) is 4.84. The van der Waals surface area contributed by atoms with Crippen LogP contribution in [0.5, 0.6) is 0 Å². The topological polar surface area (TPSA) is 66.8 Å². The zero-order valence-electron chi connectivity index (χ0n) is 18.7. The van der Waals surface area contributed by atoms with E-state index in [2.05, 4.69) is 52.3 Å². The van der Waals surface area contributed by atoms with E-state index in [1.165, 1.54) is 33.3 Å². The van der Waals surface area contributed by atoms with E-state index in [4.69, 9.17) is 0 Å². The maximum Gasteiger partial charge on any atom is 0.224 e. The lowest BCUT2D eigenvalue weighted by atomic mass is 9.89. The number of carbonyl (C=O) groups excluding carboxylic acids is 1. The molecule has 1 aromatic carbocycles. The van der Waals surface area contributed by atoms with E-state index < -0.39 is 0 Å². The van der Waals surface area contributed by atoms with Crippen LogP contribution in [0.4, 0.5) is 0 Å². The van der Waals surface area contributed by atoms with E-state index in [0.717, 1.165) is 31.6 Å². The third-order valence-electron chi connectivity index (χ3n) is 6.55. The van der Waals surface area contributed by atoms with E-state index in [1.54, 1.807) is 0 Å². The molecule has 1 unspecified atom stereocenters. The smallest absolute Gasteiger partial charge is 0.224 e. The SMILES string of the molecule is Cc1ccn(CCC(=O)N2CCCC(c3[nH]c4c(C)cccc4c3-c3ccncc3)C2)n1. The molecule has 1 saturated heterocycles. The van der Waals surface area contributed by atoms with Gasteiger partial charge in [0.2, 0.25) is 5.91 Å². The van der Waals surface area contributed by atoms with Crippen LogP contribution in [-0.2, 0) is 11.3 Å². The molecule has 1 amide bonds. The summed E-state index contributed by atoms with van der Waals surface area (Å²) in [7, 11) is 0. The Bertz CT molecular complexity index is 1240. The second-order valence-electron chi connectivity index (χ2n) is 8.80. The lowest BCUT2D eigenvalue weighted by Crippen LogP contribution is -2.39. The lowest BCUT2D eigenvalue weighted by molar-refractivity contribution is -0.132. The molecule has 6 nitrogen and oxygen atoms in total. The van der Waals surface area contributed by atoms with E-state index >= 15 is 0 Å². The normalized spacial score (nSPS) is 16.6. The highest BCUT2D eigenvalue weighted by molar-refractivity contribution is 5.99. The number of amides is 1. The van der Waals surface area contributed by atoms with Gasteiger partial charge in [0.15, 0.2) is 0 Å². The summed E-state index contributed by atoms with van der Waals surface area (Å²) in [6, 6.07) is 12.6. The van der Waals surface area contributed by atoms with Gasteiger partial charge in [-0.3, -0.25) is 14.5 Å². The number of carbonyl (C=O) groups is 1. The number of H-pyrrole nitrogens is 1. The van der Waals surface area contributed by atoms with E-state index in [1.807, 2.05) is 41.2 Å². The molecule has 1 aliphatic heterocycles. The number of nitrogens with one attached hydrogen (secondary N) is 1. The molecule has 0 bridgehead atoms. The Hall–Kier alpha value is -3.41. The summed E-state index contributed by atoms with van der Waals surface area (Å²) in [6.07, 6.45) is 8.21. The first-order valence-corrected chi connectivity index (χ1v) is 11.4. The van der Waals surface area contributed by atoms with Crippen molar-refractivity contribution in [2.24, 2.45) is 0 Å². The first kappa shape index (κ1) is 20.5. The third kappa shape index (κ3) is 3.93. The number of hydrogen-bond donors (Lipinski definition) is 1. The van der Waals surface area contributed by atoms with Gasteiger partial charge in [0.25, 0.3) is 0 Å². The third-order valence-corrected chi connectivity index (χ3v) is 6.55.